The Labute approximate surface area is 108 Å². The average molecular weight is 276 g/mol. The first-order valence-electron chi connectivity index (χ1n) is 5.67. The Kier molecular flexibility index (Phi) is 5.31. The number of carbonyl (C=O) groups is 1. The van der Waals surface area contributed by atoms with E-state index in [1.54, 1.807) is 0 Å². The Morgan fingerprint density at radius 2 is 2.00 bits per heavy atom. The lowest BCUT2D eigenvalue weighted by atomic mass is 10.1. The van der Waals surface area contributed by atoms with Gasteiger partial charge in [-0.2, -0.15) is 13.2 Å². The Morgan fingerprint density at radius 1 is 1.37 bits per heavy atom. The molecule has 0 bridgehead atoms. The van der Waals surface area contributed by atoms with Crippen molar-refractivity contribution >= 4 is 11.6 Å². The SMILES string of the molecule is CC(NCCO)C(=O)Nc1ccccc1C(F)(F)F. The molecule has 0 radical (unpaired) electrons. The van der Waals surface area contributed by atoms with E-state index in [9.17, 15) is 18.0 Å². The lowest BCUT2D eigenvalue weighted by molar-refractivity contribution is -0.137. The van der Waals surface area contributed by atoms with Gasteiger partial charge in [-0.1, -0.05) is 12.1 Å². The van der Waals surface area contributed by atoms with Crippen molar-refractivity contribution in [3.63, 3.8) is 0 Å². The van der Waals surface area contributed by atoms with Crippen molar-refractivity contribution in [2.75, 3.05) is 18.5 Å². The molecule has 0 heterocycles. The number of anilines is 1. The Bertz CT molecular complexity index is 435. The second-order valence-corrected chi connectivity index (χ2v) is 3.93. The maximum absolute atomic E-state index is 12.7. The van der Waals surface area contributed by atoms with Crippen LogP contribution < -0.4 is 10.6 Å². The number of hydrogen-bond donors (Lipinski definition) is 3. The van der Waals surface area contributed by atoms with Crippen LogP contribution in [0.3, 0.4) is 0 Å². The molecule has 0 spiro atoms. The van der Waals surface area contributed by atoms with Gasteiger partial charge in [-0.15, -0.1) is 0 Å². The summed E-state index contributed by atoms with van der Waals surface area (Å²) >= 11 is 0. The topological polar surface area (TPSA) is 61.4 Å². The summed E-state index contributed by atoms with van der Waals surface area (Å²) in [6, 6.07) is 4.07. The highest BCUT2D eigenvalue weighted by atomic mass is 19.4. The Balaban J connectivity index is 2.80. The molecule has 1 aromatic rings. The van der Waals surface area contributed by atoms with Gasteiger partial charge in [0.05, 0.1) is 23.9 Å². The molecule has 1 rings (SSSR count). The number of alkyl halides is 3. The van der Waals surface area contributed by atoms with Crippen molar-refractivity contribution in [2.24, 2.45) is 0 Å². The highest BCUT2D eigenvalue weighted by Crippen LogP contribution is 2.34. The Hall–Kier alpha value is -1.60. The van der Waals surface area contributed by atoms with Crippen LogP contribution in [0.25, 0.3) is 0 Å². The predicted molar refractivity (Wildman–Crippen MR) is 64.6 cm³/mol. The number of aliphatic hydroxyl groups excluding tert-OH is 1. The summed E-state index contributed by atoms with van der Waals surface area (Å²) in [7, 11) is 0. The van der Waals surface area contributed by atoms with Crippen molar-refractivity contribution < 1.29 is 23.1 Å². The minimum Gasteiger partial charge on any atom is -0.395 e. The second kappa shape index (κ2) is 6.53. The van der Waals surface area contributed by atoms with Gasteiger partial charge in [0.15, 0.2) is 0 Å². The van der Waals surface area contributed by atoms with Crippen LogP contribution in [-0.4, -0.2) is 30.2 Å². The molecule has 3 N–H and O–H groups in total. The number of halogens is 3. The fraction of sp³-hybridized carbons (Fsp3) is 0.417. The van der Waals surface area contributed by atoms with Crippen LogP contribution in [0, 0.1) is 0 Å². The summed E-state index contributed by atoms with van der Waals surface area (Å²) in [6.07, 6.45) is -4.52. The minimum atomic E-state index is -4.52. The number of aliphatic hydroxyl groups is 1. The Morgan fingerprint density at radius 3 is 2.58 bits per heavy atom. The first-order valence-corrected chi connectivity index (χ1v) is 5.67. The van der Waals surface area contributed by atoms with E-state index in [4.69, 9.17) is 5.11 Å². The van der Waals surface area contributed by atoms with Crippen LogP contribution in [0.4, 0.5) is 18.9 Å². The number of rotatable bonds is 5. The molecule has 0 saturated heterocycles. The molecule has 1 aromatic carbocycles. The van der Waals surface area contributed by atoms with E-state index in [0.29, 0.717) is 0 Å². The monoisotopic (exact) mass is 276 g/mol. The van der Waals surface area contributed by atoms with Gasteiger partial charge >= 0.3 is 6.18 Å². The van der Waals surface area contributed by atoms with E-state index in [0.717, 1.165) is 6.07 Å². The van der Waals surface area contributed by atoms with Gasteiger partial charge in [0.25, 0.3) is 0 Å². The molecule has 1 atom stereocenters. The summed E-state index contributed by atoms with van der Waals surface area (Å²) in [4.78, 5) is 11.7. The second-order valence-electron chi connectivity index (χ2n) is 3.93. The standard InChI is InChI=1S/C12H15F3N2O2/c1-8(16-6-7-18)11(19)17-10-5-3-2-4-9(10)12(13,14)15/h2-5,8,16,18H,6-7H2,1H3,(H,17,19). The molecule has 0 aromatic heterocycles. The first kappa shape index (κ1) is 15.5. The lowest BCUT2D eigenvalue weighted by Crippen LogP contribution is -2.39. The normalized spacial score (nSPS) is 13.1. The van der Waals surface area contributed by atoms with Crippen LogP contribution >= 0.6 is 0 Å². The van der Waals surface area contributed by atoms with Crippen LogP contribution in [0.5, 0.6) is 0 Å². The maximum atomic E-state index is 12.7. The smallest absolute Gasteiger partial charge is 0.395 e. The van der Waals surface area contributed by atoms with Crippen molar-refractivity contribution in [1.29, 1.82) is 0 Å². The first-order chi connectivity index (χ1) is 8.86. The average Bonchev–Trinajstić information content (AvgIpc) is 2.35. The quantitative estimate of drug-likeness (QED) is 0.765. The molecule has 1 unspecified atom stereocenters. The largest absolute Gasteiger partial charge is 0.418 e. The van der Waals surface area contributed by atoms with Gasteiger partial charge < -0.3 is 15.7 Å². The summed E-state index contributed by atoms with van der Waals surface area (Å²) in [5.41, 5.74) is -1.17. The van der Waals surface area contributed by atoms with E-state index in [2.05, 4.69) is 10.6 Å². The third kappa shape index (κ3) is 4.53. The van der Waals surface area contributed by atoms with Gasteiger partial charge in [-0.25, -0.2) is 0 Å². The van der Waals surface area contributed by atoms with E-state index in [1.807, 2.05) is 0 Å². The zero-order chi connectivity index (χ0) is 14.5. The number of nitrogens with one attached hydrogen (secondary N) is 2. The van der Waals surface area contributed by atoms with Gasteiger partial charge in [-0.3, -0.25) is 4.79 Å². The van der Waals surface area contributed by atoms with Crippen molar-refractivity contribution in [2.45, 2.75) is 19.1 Å². The highest BCUT2D eigenvalue weighted by molar-refractivity contribution is 5.95. The lowest BCUT2D eigenvalue weighted by Gasteiger charge is -2.16. The summed E-state index contributed by atoms with van der Waals surface area (Å²) < 4.78 is 38.1. The third-order valence-corrected chi connectivity index (χ3v) is 2.45. The molecule has 0 saturated carbocycles. The van der Waals surface area contributed by atoms with Gasteiger partial charge in [-0.05, 0) is 19.1 Å². The minimum absolute atomic E-state index is 0.156. The highest BCUT2D eigenvalue weighted by Gasteiger charge is 2.33. The van der Waals surface area contributed by atoms with E-state index < -0.39 is 23.7 Å². The molecule has 0 aliphatic rings. The van der Waals surface area contributed by atoms with Crippen molar-refractivity contribution in [3.05, 3.63) is 29.8 Å². The van der Waals surface area contributed by atoms with Gasteiger partial charge in [0.2, 0.25) is 5.91 Å². The zero-order valence-electron chi connectivity index (χ0n) is 10.3. The number of benzene rings is 1. The molecule has 106 valence electrons. The van der Waals surface area contributed by atoms with E-state index in [-0.39, 0.29) is 18.8 Å². The molecular weight excluding hydrogens is 261 g/mol. The fourth-order valence-corrected chi connectivity index (χ4v) is 1.45. The maximum Gasteiger partial charge on any atom is 0.418 e. The van der Waals surface area contributed by atoms with Crippen LogP contribution in [0.15, 0.2) is 24.3 Å². The van der Waals surface area contributed by atoms with Crippen molar-refractivity contribution in [1.82, 2.24) is 5.32 Å². The molecule has 7 heteroatoms. The number of carbonyl (C=O) groups excluding carboxylic acids is 1. The molecule has 0 aliphatic carbocycles. The van der Waals surface area contributed by atoms with Crippen LogP contribution in [-0.2, 0) is 11.0 Å². The summed E-state index contributed by atoms with van der Waals surface area (Å²) in [5, 5.41) is 13.5. The van der Waals surface area contributed by atoms with E-state index in [1.165, 1.54) is 25.1 Å². The third-order valence-electron chi connectivity index (χ3n) is 2.45. The number of hydrogen-bond acceptors (Lipinski definition) is 3. The van der Waals surface area contributed by atoms with Crippen LogP contribution in [0.1, 0.15) is 12.5 Å². The molecule has 4 nitrogen and oxygen atoms in total. The molecule has 1 amide bonds. The van der Waals surface area contributed by atoms with Gasteiger partial charge in [0, 0.05) is 6.54 Å². The molecule has 0 fully saturated rings. The molecular formula is C12H15F3N2O2. The summed E-state index contributed by atoms with van der Waals surface area (Å²) in [5.74, 6) is -0.592. The van der Waals surface area contributed by atoms with E-state index >= 15 is 0 Å². The van der Waals surface area contributed by atoms with Crippen LogP contribution in [0.2, 0.25) is 0 Å². The zero-order valence-corrected chi connectivity index (χ0v) is 10.3. The number of para-hydroxylation sites is 1. The molecule has 19 heavy (non-hydrogen) atoms. The van der Waals surface area contributed by atoms with Crippen molar-refractivity contribution in [3.8, 4) is 0 Å². The fourth-order valence-electron chi connectivity index (χ4n) is 1.45. The molecule has 0 aliphatic heterocycles. The number of amides is 1. The predicted octanol–water partition coefficient (Wildman–Crippen LogP) is 1.61. The van der Waals surface area contributed by atoms with Gasteiger partial charge in [0.1, 0.15) is 0 Å². The summed E-state index contributed by atoms with van der Waals surface area (Å²) in [6.45, 7) is 1.54.